The van der Waals surface area contributed by atoms with Gasteiger partial charge in [0.05, 0.1) is 0 Å². The van der Waals surface area contributed by atoms with Gasteiger partial charge in [0.2, 0.25) is 11.8 Å². The summed E-state index contributed by atoms with van der Waals surface area (Å²) in [4.78, 5) is 28.1. The molecule has 1 N–H and O–H groups in total. The zero-order chi connectivity index (χ0) is 17.7. The van der Waals surface area contributed by atoms with E-state index in [4.69, 9.17) is 0 Å². The molecule has 1 aromatic carbocycles. The van der Waals surface area contributed by atoms with Crippen molar-refractivity contribution in [1.82, 2.24) is 4.90 Å². The van der Waals surface area contributed by atoms with Gasteiger partial charge in [-0.05, 0) is 43.0 Å². The van der Waals surface area contributed by atoms with Crippen molar-refractivity contribution in [3.8, 4) is 0 Å². The van der Waals surface area contributed by atoms with Crippen LogP contribution in [-0.2, 0) is 16.1 Å². The van der Waals surface area contributed by atoms with Gasteiger partial charge in [-0.1, -0.05) is 13.8 Å². The summed E-state index contributed by atoms with van der Waals surface area (Å²) in [6, 6.07) is 5.95. The molecule has 0 aromatic heterocycles. The summed E-state index contributed by atoms with van der Waals surface area (Å²) in [6.45, 7) is 5.29. The lowest BCUT2D eigenvalue weighted by Gasteiger charge is -2.25. The van der Waals surface area contributed by atoms with Crippen LogP contribution in [-0.4, -0.2) is 37.4 Å². The molecule has 0 unspecified atom stereocenters. The average molecular weight is 331 g/mol. The van der Waals surface area contributed by atoms with E-state index in [0.29, 0.717) is 13.0 Å². The molecule has 5 nitrogen and oxygen atoms in total. The van der Waals surface area contributed by atoms with Crippen molar-refractivity contribution >= 4 is 23.2 Å². The Balaban J connectivity index is 2.22. The third-order valence-electron chi connectivity index (χ3n) is 4.29. The summed E-state index contributed by atoms with van der Waals surface area (Å²) < 4.78 is 0. The Morgan fingerprint density at radius 2 is 1.92 bits per heavy atom. The van der Waals surface area contributed by atoms with Crippen LogP contribution in [0.2, 0.25) is 0 Å². The molecule has 0 heterocycles. The van der Waals surface area contributed by atoms with E-state index in [-0.39, 0.29) is 17.7 Å². The zero-order valence-electron chi connectivity index (χ0n) is 15.3. The van der Waals surface area contributed by atoms with Crippen molar-refractivity contribution in [2.75, 3.05) is 30.9 Å². The number of rotatable bonds is 8. The Bertz CT molecular complexity index is 594. The lowest BCUT2D eigenvalue weighted by atomic mass is 10.1. The Morgan fingerprint density at radius 1 is 1.21 bits per heavy atom. The minimum Gasteiger partial charge on any atom is -0.377 e. The van der Waals surface area contributed by atoms with Crippen LogP contribution < -0.4 is 10.2 Å². The Kier molecular flexibility index (Phi) is 6.23. The van der Waals surface area contributed by atoms with E-state index >= 15 is 0 Å². The van der Waals surface area contributed by atoms with E-state index in [9.17, 15) is 9.59 Å². The van der Waals surface area contributed by atoms with Gasteiger partial charge in [-0.15, -0.1) is 0 Å². The lowest BCUT2D eigenvalue weighted by molar-refractivity contribution is -0.131. The van der Waals surface area contributed by atoms with Crippen molar-refractivity contribution in [3.05, 3.63) is 23.8 Å². The highest BCUT2D eigenvalue weighted by Crippen LogP contribution is 2.31. The summed E-state index contributed by atoms with van der Waals surface area (Å²) in [5.74, 6) is 0.447. The van der Waals surface area contributed by atoms with Crippen molar-refractivity contribution in [3.63, 3.8) is 0 Å². The maximum absolute atomic E-state index is 12.2. The van der Waals surface area contributed by atoms with Gasteiger partial charge in [0.1, 0.15) is 0 Å². The van der Waals surface area contributed by atoms with Gasteiger partial charge in [-0.2, -0.15) is 0 Å². The molecule has 0 spiro atoms. The largest absolute Gasteiger partial charge is 0.377 e. The summed E-state index contributed by atoms with van der Waals surface area (Å²) in [5, 5.41) is 3.00. The fourth-order valence-electron chi connectivity index (χ4n) is 2.81. The maximum Gasteiger partial charge on any atom is 0.227 e. The highest BCUT2D eigenvalue weighted by atomic mass is 16.2. The quantitative estimate of drug-likeness (QED) is 0.795. The van der Waals surface area contributed by atoms with Crippen LogP contribution in [0.25, 0.3) is 0 Å². The second kappa shape index (κ2) is 8.18. The molecule has 5 heteroatoms. The molecule has 1 fully saturated rings. The first-order valence-electron chi connectivity index (χ1n) is 8.85. The first-order chi connectivity index (χ1) is 11.5. The van der Waals surface area contributed by atoms with Crippen LogP contribution in [0.15, 0.2) is 18.2 Å². The summed E-state index contributed by atoms with van der Waals surface area (Å²) in [5.41, 5.74) is 2.95. The van der Waals surface area contributed by atoms with Crippen LogP contribution in [0.3, 0.4) is 0 Å². The van der Waals surface area contributed by atoms with Crippen molar-refractivity contribution < 1.29 is 9.59 Å². The van der Waals surface area contributed by atoms with Crippen LogP contribution in [0, 0.1) is 5.92 Å². The van der Waals surface area contributed by atoms with Gasteiger partial charge >= 0.3 is 0 Å². The molecule has 1 saturated carbocycles. The van der Waals surface area contributed by atoms with Crippen molar-refractivity contribution in [2.45, 2.75) is 46.1 Å². The van der Waals surface area contributed by atoms with Gasteiger partial charge in [0.15, 0.2) is 0 Å². The monoisotopic (exact) mass is 331 g/mol. The molecular formula is C19H29N3O2. The molecule has 1 aliphatic rings. The van der Waals surface area contributed by atoms with E-state index in [2.05, 4.69) is 12.2 Å². The van der Waals surface area contributed by atoms with E-state index in [1.165, 1.54) is 0 Å². The minimum atomic E-state index is 0.105. The first-order valence-corrected chi connectivity index (χ1v) is 8.85. The van der Waals surface area contributed by atoms with Crippen LogP contribution >= 0.6 is 0 Å². The smallest absolute Gasteiger partial charge is 0.227 e. The molecule has 2 amide bonds. The molecule has 1 aromatic rings. The number of benzene rings is 1. The van der Waals surface area contributed by atoms with E-state index in [1.54, 1.807) is 0 Å². The fraction of sp³-hybridized carbons (Fsp3) is 0.579. The topological polar surface area (TPSA) is 52.7 Å². The minimum absolute atomic E-state index is 0.105. The van der Waals surface area contributed by atoms with E-state index in [1.807, 2.05) is 49.0 Å². The molecule has 0 bridgehead atoms. The number of nitrogens with one attached hydrogen (secondary N) is 1. The second-order valence-corrected chi connectivity index (χ2v) is 6.67. The van der Waals surface area contributed by atoms with Gasteiger partial charge in [0.25, 0.3) is 0 Å². The maximum atomic E-state index is 12.2. The van der Waals surface area contributed by atoms with Crippen LogP contribution in [0.5, 0.6) is 0 Å². The second-order valence-electron chi connectivity index (χ2n) is 6.67. The van der Waals surface area contributed by atoms with Crippen molar-refractivity contribution in [2.24, 2.45) is 5.92 Å². The van der Waals surface area contributed by atoms with Gasteiger partial charge in [-0.3, -0.25) is 9.59 Å². The Labute approximate surface area is 145 Å². The molecule has 0 radical (unpaired) electrons. The van der Waals surface area contributed by atoms with Crippen molar-refractivity contribution in [1.29, 1.82) is 0 Å². The molecular weight excluding hydrogens is 302 g/mol. The number of nitrogens with zero attached hydrogens (tertiary/aromatic N) is 2. The lowest BCUT2D eigenvalue weighted by Crippen LogP contribution is -2.31. The first kappa shape index (κ1) is 18.3. The summed E-state index contributed by atoms with van der Waals surface area (Å²) in [7, 11) is 3.99. The summed E-state index contributed by atoms with van der Waals surface area (Å²) >= 11 is 0. The molecule has 0 atom stereocenters. The van der Waals surface area contributed by atoms with Gasteiger partial charge < -0.3 is 15.1 Å². The zero-order valence-corrected chi connectivity index (χ0v) is 15.3. The molecule has 1 aliphatic carbocycles. The number of hydrogen-bond acceptors (Lipinski definition) is 3. The standard InChI is InChI=1S/C19H29N3O2/c1-5-11-22(18(23)6-2)13-15-12-16(9-10-17(15)21(3)4)20-19(24)14-7-8-14/h9-10,12,14H,5-8,11,13H2,1-4H3,(H,20,24). The Morgan fingerprint density at radius 3 is 2.46 bits per heavy atom. The van der Waals surface area contributed by atoms with Gasteiger partial charge in [0, 0.05) is 50.9 Å². The number of carbonyl (C=O) groups excluding carboxylic acids is 2. The number of hydrogen-bond donors (Lipinski definition) is 1. The number of anilines is 2. The third kappa shape index (κ3) is 4.73. The van der Waals surface area contributed by atoms with E-state index in [0.717, 1.165) is 42.7 Å². The fourth-order valence-corrected chi connectivity index (χ4v) is 2.81. The van der Waals surface area contributed by atoms with Crippen LogP contribution in [0.4, 0.5) is 11.4 Å². The molecule has 0 aliphatic heterocycles. The van der Waals surface area contributed by atoms with Gasteiger partial charge in [-0.25, -0.2) is 0 Å². The predicted molar refractivity (Wildman–Crippen MR) is 98.1 cm³/mol. The average Bonchev–Trinajstić information content (AvgIpc) is 3.38. The van der Waals surface area contributed by atoms with E-state index < -0.39 is 0 Å². The SMILES string of the molecule is CCCN(Cc1cc(NC(=O)C2CC2)ccc1N(C)C)C(=O)CC. The molecule has 132 valence electrons. The number of carbonyl (C=O) groups is 2. The molecule has 0 saturated heterocycles. The number of amides is 2. The highest BCUT2D eigenvalue weighted by Gasteiger charge is 2.29. The molecule has 24 heavy (non-hydrogen) atoms. The predicted octanol–water partition coefficient (Wildman–Crippen LogP) is 3.25. The molecule has 2 rings (SSSR count). The van der Waals surface area contributed by atoms with Crippen LogP contribution in [0.1, 0.15) is 45.1 Å². The Hall–Kier alpha value is -2.04. The normalized spacial score (nSPS) is 13.5. The summed E-state index contributed by atoms with van der Waals surface area (Å²) in [6.07, 6.45) is 3.42. The highest BCUT2D eigenvalue weighted by molar-refractivity contribution is 5.94. The third-order valence-corrected chi connectivity index (χ3v) is 4.29.